The highest BCUT2D eigenvalue weighted by Crippen LogP contribution is 2.18. The molecule has 0 spiro atoms. The standard InChI is InChI=1S/C19H23ClN4O2/c1-2-23-9-11-24(12-10-23)16-5-8-18(21-13-16)22-19(25)14-26-17-6-3-15(20)4-7-17/h3-8,13H,2,9-12,14H2,1H3,(H,21,22,25). The van der Waals surface area contributed by atoms with Crippen LogP contribution >= 0.6 is 11.6 Å². The minimum Gasteiger partial charge on any atom is -0.484 e. The smallest absolute Gasteiger partial charge is 0.263 e. The molecule has 138 valence electrons. The van der Waals surface area contributed by atoms with Gasteiger partial charge in [-0.25, -0.2) is 4.98 Å². The van der Waals surface area contributed by atoms with Gasteiger partial charge in [-0.2, -0.15) is 0 Å². The predicted molar refractivity (Wildman–Crippen MR) is 104 cm³/mol. The summed E-state index contributed by atoms with van der Waals surface area (Å²) in [5, 5.41) is 3.37. The fourth-order valence-corrected chi connectivity index (χ4v) is 2.95. The normalized spacial score (nSPS) is 14.9. The zero-order valence-corrected chi connectivity index (χ0v) is 15.6. The summed E-state index contributed by atoms with van der Waals surface area (Å²) < 4.78 is 5.42. The second-order valence-corrected chi connectivity index (χ2v) is 6.55. The summed E-state index contributed by atoms with van der Waals surface area (Å²) in [4.78, 5) is 21.1. The quantitative estimate of drug-likeness (QED) is 0.842. The third kappa shape index (κ3) is 5.09. The van der Waals surface area contributed by atoms with Crippen molar-refractivity contribution in [2.45, 2.75) is 6.92 Å². The van der Waals surface area contributed by atoms with Crippen molar-refractivity contribution in [3.05, 3.63) is 47.6 Å². The van der Waals surface area contributed by atoms with Crippen LogP contribution in [-0.4, -0.2) is 55.1 Å². The second-order valence-electron chi connectivity index (χ2n) is 6.11. The molecule has 2 heterocycles. The van der Waals surface area contributed by atoms with Gasteiger partial charge in [-0.3, -0.25) is 4.79 Å². The summed E-state index contributed by atoms with van der Waals surface area (Å²) in [5.74, 6) is 0.862. The number of anilines is 2. The van der Waals surface area contributed by atoms with Gasteiger partial charge in [0.2, 0.25) is 0 Å². The number of aromatic nitrogens is 1. The highest BCUT2D eigenvalue weighted by atomic mass is 35.5. The van der Waals surface area contributed by atoms with Gasteiger partial charge in [0.15, 0.2) is 6.61 Å². The van der Waals surface area contributed by atoms with Crippen molar-refractivity contribution >= 4 is 29.0 Å². The lowest BCUT2D eigenvalue weighted by atomic mass is 10.2. The van der Waals surface area contributed by atoms with Gasteiger partial charge in [-0.1, -0.05) is 18.5 Å². The van der Waals surface area contributed by atoms with Crippen molar-refractivity contribution < 1.29 is 9.53 Å². The first-order chi connectivity index (χ1) is 12.6. The van der Waals surface area contributed by atoms with E-state index in [4.69, 9.17) is 16.3 Å². The number of rotatable bonds is 6. The highest BCUT2D eigenvalue weighted by Gasteiger charge is 2.16. The third-order valence-corrected chi connectivity index (χ3v) is 4.64. The van der Waals surface area contributed by atoms with Crippen LogP contribution < -0.4 is 15.0 Å². The Balaban J connectivity index is 1.47. The topological polar surface area (TPSA) is 57.7 Å². The molecule has 0 atom stereocenters. The summed E-state index contributed by atoms with van der Waals surface area (Å²) in [6.45, 7) is 7.32. The first-order valence-electron chi connectivity index (χ1n) is 8.75. The zero-order valence-electron chi connectivity index (χ0n) is 14.8. The van der Waals surface area contributed by atoms with Crippen LogP contribution in [0, 0.1) is 0 Å². The zero-order chi connectivity index (χ0) is 18.4. The molecule has 6 nitrogen and oxygen atoms in total. The lowest BCUT2D eigenvalue weighted by molar-refractivity contribution is -0.118. The van der Waals surface area contributed by atoms with Gasteiger partial charge < -0.3 is 19.9 Å². The van der Waals surface area contributed by atoms with Gasteiger partial charge in [0, 0.05) is 31.2 Å². The third-order valence-electron chi connectivity index (χ3n) is 4.38. The van der Waals surface area contributed by atoms with Crippen LogP contribution in [0.15, 0.2) is 42.6 Å². The number of carbonyl (C=O) groups excluding carboxylic acids is 1. The van der Waals surface area contributed by atoms with Gasteiger partial charge in [-0.05, 0) is 42.9 Å². The van der Waals surface area contributed by atoms with E-state index in [2.05, 4.69) is 27.0 Å². The molecule has 26 heavy (non-hydrogen) atoms. The average molecular weight is 375 g/mol. The molecule has 1 aromatic carbocycles. The lowest BCUT2D eigenvalue weighted by Gasteiger charge is -2.35. The molecule has 2 aromatic rings. The Hall–Kier alpha value is -2.31. The molecule has 1 saturated heterocycles. The van der Waals surface area contributed by atoms with E-state index in [0.29, 0.717) is 16.6 Å². The number of ether oxygens (including phenoxy) is 1. The minimum absolute atomic E-state index is 0.0793. The number of hydrogen-bond donors (Lipinski definition) is 1. The molecule has 1 aromatic heterocycles. The first-order valence-corrected chi connectivity index (χ1v) is 9.13. The van der Waals surface area contributed by atoms with E-state index < -0.39 is 0 Å². The molecule has 7 heteroatoms. The van der Waals surface area contributed by atoms with E-state index in [1.54, 1.807) is 30.5 Å². The van der Waals surface area contributed by atoms with E-state index in [1.165, 1.54) is 0 Å². The van der Waals surface area contributed by atoms with Crippen LogP contribution in [0.4, 0.5) is 11.5 Å². The molecule has 0 radical (unpaired) electrons. The Morgan fingerprint density at radius 3 is 2.50 bits per heavy atom. The van der Waals surface area contributed by atoms with Gasteiger partial charge >= 0.3 is 0 Å². The lowest BCUT2D eigenvalue weighted by Crippen LogP contribution is -2.46. The maximum atomic E-state index is 12.0. The van der Waals surface area contributed by atoms with Gasteiger partial charge in [0.05, 0.1) is 11.9 Å². The number of nitrogens with zero attached hydrogens (tertiary/aromatic N) is 3. The van der Waals surface area contributed by atoms with Crippen molar-refractivity contribution in [3.63, 3.8) is 0 Å². The molecule has 0 bridgehead atoms. The van der Waals surface area contributed by atoms with Crippen molar-refractivity contribution in [1.82, 2.24) is 9.88 Å². The Morgan fingerprint density at radius 1 is 1.15 bits per heavy atom. The van der Waals surface area contributed by atoms with Gasteiger partial charge in [0.1, 0.15) is 11.6 Å². The molecule has 0 aliphatic carbocycles. The summed E-state index contributed by atoms with van der Waals surface area (Å²) in [5.41, 5.74) is 1.08. The molecule has 0 saturated carbocycles. The van der Waals surface area contributed by atoms with E-state index >= 15 is 0 Å². The molecule has 1 aliphatic heterocycles. The maximum Gasteiger partial charge on any atom is 0.263 e. The molecular formula is C19H23ClN4O2. The van der Waals surface area contributed by atoms with Crippen LogP contribution in [0.25, 0.3) is 0 Å². The number of hydrogen-bond acceptors (Lipinski definition) is 5. The van der Waals surface area contributed by atoms with Crippen molar-refractivity contribution in [1.29, 1.82) is 0 Å². The number of halogens is 1. The first kappa shape index (κ1) is 18.5. The Morgan fingerprint density at radius 2 is 1.88 bits per heavy atom. The SMILES string of the molecule is CCN1CCN(c2ccc(NC(=O)COc3ccc(Cl)cc3)nc2)CC1. The Labute approximate surface area is 158 Å². The molecule has 1 fully saturated rings. The fraction of sp³-hybridized carbons (Fsp3) is 0.368. The van der Waals surface area contributed by atoms with E-state index in [9.17, 15) is 4.79 Å². The van der Waals surface area contributed by atoms with Crippen LogP contribution in [0.2, 0.25) is 5.02 Å². The van der Waals surface area contributed by atoms with Crippen molar-refractivity contribution in [2.75, 3.05) is 49.5 Å². The van der Waals surface area contributed by atoms with Crippen LogP contribution in [0.3, 0.4) is 0 Å². The van der Waals surface area contributed by atoms with Crippen LogP contribution in [0.5, 0.6) is 5.75 Å². The number of amides is 1. The average Bonchev–Trinajstić information content (AvgIpc) is 2.68. The van der Waals surface area contributed by atoms with Gasteiger partial charge in [-0.15, -0.1) is 0 Å². The number of likely N-dealkylation sites (N-methyl/N-ethyl adjacent to an activating group) is 1. The number of benzene rings is 1. The molecule has 1 aliphatic rings. The van der Waals surface area contributed by atoms with Gasteiger partial charge in [0.25, 0.3) is 5.91 Å². The monoisotopic (exact) mass is 374 g/mol. The number of carbonyl (C=O) groups is 1. The van der Waals surface area contributed by atoms with Crippen molar-refractivity contribution in [3.8, 4) is 5.75 Å². The number of piperazine rings is 1. The summed E-state index contributed by atoms with van der Waals surface area (Å²) in [7, 11) is 0. The number of nitrogens with one attached hydrogen (secondary N) is 1. The molecule has 3 rings (SSSR count). The maximum absolute atomic E-state index is 12.0. The van der Waals surface area contributed by atoms with E-state index in [1.807, 2.05) is 12.1 Å². The summed E-state index contributed by atoms with van der Waals surface area (Å²) in [6.07, 6.45) is 1.80. The van der Waals surface area contributed by atoms with E-state index in [-0.39, 0.29) is 12.5 Å². The van der Waals surface area contributed by atoms with Crippen LogP contribution in [0.1, 0.15) is 6.92 Å². The molecule has 1 N–H and O–H groups in total. The van der Waals surface area contributed by atoms with E-state index in [0.717, 1.165) is 38.4 Å². The Kier molecular flexibility index (Phi) is 6.30. The summed E-state index contributed by atoms with van der Waals surface area (Å²) >= 11 is 5.82. The number of pyridine rings is 1. The molecule has 1 amide bonds. The predicted octanol–water partition coefficient (Wildman–Crippen LogP) is 2.89. The Bertz CT molecular complexity index is 713. The largest absolute Gasteiger partial charge is 0.484 e. The van der Waals surface area contributed by atoms with Crippen molar-refractivity contribution in [2.24, 2.45) is 0 Å². The molecule has 0 unspecified atom stereocenters. The fourth-order valence-electron chi connectivity index (χ4n) is 2.83. The van der Waals surface area contributed by atoms with Crippen LogP contribution in [-0.2, 0) is 4.79 Å². The summed E-state index contributed by atoms with van der Waals surface area (Å²) in [6, 6.07) is 10.7. The molecular weight excluding hydrogens is 352 g/mol. The highest BCUT2D eigenvalue weighted by molar-refractivity contribution is 6.30. The minimum atomic E-state index is -0.253. The second kappa shape index (κ2) is 8.87.